The van der Waals surface area contributed by atoms with Gasteiger partial charge in [-0.2, -0.15) is 0 Å². The molecule has 94 valence electrons. The second kappa shape index (κ2) is 5.89. The van der Waals surface area contributed by atoms with Crippen molar-refractivity contribution in [2.75, 3.05) is 33.9 Å². The minimum atomic E-state index is 0.554. The summed E-state index contributed by atoms with van der Waals surface area (Å²) in [6.45, 7) is 2.71. The van der Waals surface area contributed by atoms with Crippen molar-refractivity contribution in [1.82, 2.24) is 5.32 Å². The Kier molecular flexibility index (Phi) is 4.23. The van der Waals surface area contributed by atoms with Gasteiger partial charge >= 0.3 is 0 Å². The number of likely N-dealkylation sites (N-methyl/N-ethyl adjacent to an activating group) is 1. The van der Waals surface area contributed by atoms with Crippen molar-refractivity contribution >= 4 is 0 Å². The third-order valence-corrected chi connectivity index (χ3v) is 2.80. The van der Waals surface area contributed by atoms with Gasteiger partial charge in [0.1, 0.15) is 13.2 Å². The summed E-state index contributed by atoms with van der Waals surface area (Å²) in [6.07, 6.45) is 0.940. The molecule has 1 aromatic rings. The first-order valence-corrected chi connectivity index (χ1v) is 5.90. The van der Waals surface area contributed by atoms with Crippen LogP contribution in [0.4, 0.5) is 0 Å². The fraction of sp³-hybridized carbons (Fsp3) is 0.538. The highest BCUT2D eigenvalue weighted by Crippen LogP contribution is 2.37. The highest BCUT2D eigenvalue weighted by Gasteiger charge is 2.19. The molecule has 0 saturated carbocycles. The Balaban J connectivity index is 2.29. The minimum absolute atomic E-state index is 0.554. The standard InChI is InChI=1S/C13H19NO3/c1-14-6-5-10-3-4-11(9-15-2)13-12(10)16-7-8-17-13/h3-4,14H,5-9H2,1-2H3. The van der Waals surface area contributed by atoms with Gasteiger partial charge in [0, 0.05) is 12.7 Å². The maximum atomic E-state index is 5.73. The van der Waals surface area contributed by atoms with Gasteiger partial charge in [-0.1, -0.05) is 12.1 Å². The first kappa shape index (κ1) is 12.2. The Labute approximate surface area is 102 Å². The average molecular weight is 237 g/mol. The van der Waals surface area contributed by atoms with Crippen molar-refractivity contribution in [3.05, 3.63) is 23.3 Å². The maximum Gasteiger partial charge on any atom is 0.167 e. The zero-order chi connectivity index (χ0) is 12.1. The van der Waals surface area contributed by atoms with E-state index in [4.69, 9.17) is 14.2 Å². The molecule has 0 amide bonds. The minimum Gasteiger partial charge on any atom is -0.486 e. The zero-order valence-electron chi connectivity index (χ0n) is 10.4. The molecule has 1 N–H and O–H groups in total. The average Bonchev–Trinajstić information content (AvgIpc) is 2.38. The second-order valence-corrected chi connectivity index (χ2v) is 4.03. The van der Waals surface area contributed by atoms with E-state index < -0.39 is 0 Å². The SMILES string of the molecule is CNCCc1ccc(COC)c2c1OCCO2. The summed E-state index contributed by atoms with van der Waals surface area (Å²) in [5.74, 6) is 1.74. The molecule has 4 nitrogen and oxygen atoms in total. The van der Waals surface area contributed by atoms with Crippen molar-refractivity contribution in [2.24, 2.45) is 0 Å². The number of hydrogen-bond donors (Lipinski definition) is 1. The molecule has 1 aliphatic heterocycles. The van der Waals surface area contributed by atoms with Gasteiger partial charge in [-0.25, -0.2) is 0 Å². The third-order valence-electron chi connectivity index (χ3n) is 2.80. The van der Waals surface area contributed by atoms with Gasteiger partial charge < -0.3 is 19.5 Å². The van der Waals surface area contributed by atoms with Crippen molar-refractivity contribution in [3.63, 3.8) is 0 Å². The fourth-order valence-electron chi connectivity index (χ4n) is 1.97. The molecule has 17 heavy (non-hydrogen) atoms. The summed E-state index contributed by atoms with van der Waals surface area (Å²) in [7, 11) is 3.63. The molecule has 1 aromatic carbocycles. The summed E-state index contributed by atoms with van der Waals surface area (Å²) < 4.78 is 16.6. The van der Waals surface area contributed by atoms with Crippen LogP contribution in [-0.4, -0.2) is 33.9 Å². The van der Waals surface area contributed by atoms with Gasteiger partial charge in [-0.3, -0.25) is 0 Å². The topological polar surface area (TPSA) is 39.7 Å². The summed E-state index contributed by atoms with van der Waals surface area (Å²) >= 11 is 0. The second-order valence-electron chi connectivity index (χ2n) is 4.03. The maximum absolute atomic E-state index is 5.73. The van der Waals surface area contributed by atoms with E-state index in [0.29, 0.717) is 19.8 Å². The summed E-state index contributed by atoms with van der Waals surface area (Å²) in [4.78, 5) is 0. The van der Waals surface area contributed by atoms with Crippen LogP contribution in [0.2, 0.25) is 0 Å². The monoisotopic (exact) mass is 237 g/mol. The molecule has 4 heteroatoms. The van der Waals surface area contributed by atoms with Crippen LogP contribution in [-0.2, 0) is 17.8 Å². The van der Waals surface area contributed by atoms with E-state index in [2.05, 4.69) is 17.4 Å². The number of hydrogen-bond acceptors (Lipinski definition) is 4. The number of methoxy groups -OCH3 is 1. The van der Waals surface area contributed by atoms with Gasteiger partial charge in [-0.15, -0.1) is 0 Å². The highest BCUT2D eigenvalue weighted by atomic mass is 16.6. The molecule has 0 spiro atoms. The van der Waals surface area contributed by atoms with E-state index in [-0.39, 0.29) is 0 Å². The van der Waals surface area contributed by atoms with Crippen LogP contribution in [0, 0.1) is 0 Å². The Morgan fingerprint density at radius 3 is 2.47 bits per heavy atom. The van der Waals surface area contributed by atoms with Crippen LogP contribution in [0.25, 0.3) is 0 Å². The summed E-state index contributed by atoms with van der Waals surface area (Å²) in [5, 5.41) is 3.14. The molecule has 0 aromatic heterocycles. The molecule has 0 unspecified atom stereocenters. The smallest absolute Gasteiger partial charge is 0.167 e. The van der Waals surface area contributed by atoms with Crippen LogP contribution >= 0.6 is 0 Å². The Bertz CT molecular complexity index is 379. The molecular weight excluding hydrogens is 218 g/mol. The first-order chi connectivity index (χ1) is 8.36. The fourth-order valence-corrected chi connectivity index (χ4v) is 1.97. The van der Waals surface area contributed by atoms with Gasteiger partial charge in [-0.05, 0) is 25.6 Å². The van der Waals surface area contributed by atoms with Crippen molar-refractivity contribution in [1.29, 1.82) is 0 Å². The molecule has 0 fully saturated rings. The van der Waals surface area contributed by atoms with Crippen LogP contribution in [0.5, 0.6) is 11.5 Å². The normalized spacial score (nSPS) is 13.8. The van der Waals surface area contributed by atoms with E-state index in [1.807, 2.05) is 7.05 Å². The number of benzene rings is 1. The molecule has 2 rings (SSSR count). The number of fused-ring (bicyclic) bond motifs is 1. The van der Waals surface area contributed by atoms with Crippen molar-refractivity contribution in [3.8, 4) is 11.5 Å². The third kappa shape index (κ3) is 2.70. The first-order valence-electron chi connectivity index (χ1n) is 5.90. The molecule has 1 aliphatic rings. The van der Waals surface area contributed by atoms with Crippen LogP contribution in [0.3, 0.4) is 0 Å². The zero-order valence-corrected chi connectivity index (χ0v) is 10.4. The van der Waals surface area contributed by atoms with Crippen molar-refractivity contribution < 1.29 is 14.2 Å². The largest absolute Gasteiger partial charge is 0.486 e. The summed E-state index contributed by atoms with van der Waals surface area (Å²) in [6, 6.07) is 4.15. The molecule has 0 radical (unpaired) electrons. The molecule has 1 heterocycles. The van der Waals surface area contributed by atoms with Gasteiger partial charge in [0.15, 0.2) is 11.5 Å². The van der Waals surface area contributed by atoms with E-state index in [0.717, 1.165) is 30.0 Å². The number of rotatable bonds is 5. The van der Waals surface area contributed by atoms with Gasteiger partial charge in [0.05, 0.1) is 6.61 Å². The lowest BCUT2D eigenvalue weighted by atomic mass is 10.1. The predicted octanol–water partition coefficient (Wildman–Crippen LogP) is 1.37. The number of nitrogens with one attached hydrogen (secondary N) is 1. The molecular formula is C13H19NO3. The van der Waals surface area contributed by atoms with E-state index >= 15 is 0 Å². The van der Waals surface area contributed by atoms with Gasteiger partial charge in [0.2, 0.25) is 0 Å². The molecule has 0 aliphatic carbocycles. The lowest BCUT2D eigenvalue weighted by Crippen LogP contribution is -2.19. The lowest BCUT2D eigenvalue weighted by molar-refractivity contribution is 0.152. The number of ether oxygens (including phenoxy) is 3. The molecule has 0 saturated heterocycles. The van der Waals surface area contributed by atoms with Crippen LogP contribution in [0.1, 0.15) is 11.1 Å². The van der Waals surface area contributed by atoms with Gasteiger partial charge in [0.25, 0.3) is 0 Å². The lowest BCUT2D eigenvalue weighted by Gasteiger charge is -2.23. The highest BCUT2D eigenvalue weighted by molar-refractivity contribution is 5.52. The van der Waals surface area contributed by atoms with Crippen molar-refractivity contribution in [2.45, 2.75) is 13.0 Å². The predicted molar refractivity (Wildman–Crippen MR) is 65.8 cm³/mol. The van der Waals surface area contributed by atoms with Crippen LogP contribution in [0.15, 0.2) is 12.1 Å². The van der Waals surface area contributed by atoms with Crippen LogP contribution < -0.4 is 14.8 Å². The Morgan fingerprint density at radius 2 is 1.82 bits per heavy atom. The quantitative estimate of drug-likeness (QED) is 0.839. The van der Waals surface area contributed by atoms with E-state index in [1.165, 1.54) is 5.56 Å². The molecule has 0 bridgehead atoms. The Hall–Kier alpha value is -1.26. The Morgan fingerprint density at radius 1 is 1.18 bits per heavy atom. The molecule has 0 atom stereocenters. The van der Waals surface area contributed by atoms with E-state index in [9.17, 15) is 0 Å². The summed E-state index contributed by atoms with van der Waals surface area (Å²) in [5.41, 5.74) is 2.24. The van der Waals surface area contributed by atoms with E-state index in [1.54, 1.807) is 7.11 Å².